The average Bonchev–Trinajstić information content (AvgIpc) is 2.54. The van der Waals surface area contributed by atoms with E-state index in [0.29, 0.717) is 16.4 Å². The zero-order valence-corrected chi connectivity index (χ0v) is 13.8. The Labute approximate surface area is 139 Å². The number of benzene rings is 1. The zero-order chi connectivity index (χ0) is 16.4. The maximum absolute atomic E-state index is 12.0. The van der Waals surface area contributed by atoms with Crippen LogP contribution in [-0.2, 0) is 9.84 Å². The number of pyridine rings is 2. The van der Waals surface area contributed by atoms with Gasteiger partial charge < -0.3 is 0 Å². The van der Waals surface area contributed by atoms with Crippen LogP contribution in [0.4, 0.5) is 0 Å². The van der Waals surface area contributed by atoms with Gasteiger partial charge in [0, 0.05) is 34.8 Å². The van der Waals surface area contributed by atoms with Crippen molar-refractivity contribution in [3.05, 3.63) is 65.9 Å². The standard InChI is InChI=1S/C17H13ClN2O2S/c1-23(21,22)15-10-16(12-5-7-19-8-6-12)20-17(11-15)13-3-2-4-14(18)9-13/h2-11H,1H3. The number of rotatable bonds is 3. The Hall–Kier alpha value is -2.24. The Bertz CT molecular complexity index is 957. The number of nitrogens with zero attached hydrogens (tertiary/aromatic N) is 2. The minimum Gasteiger partial charge on any atom is -0.265 e. The minimum atomic E-state index is -3.36. The Morgan fingerprint density at radius 1 is 0.913 bits per heavy atom. The van der Waals surface area contributed by atoms with Crippen molar-refractivity contribution in [2.75, 3.05) is 6.26 Å². The van der Waals surface area contributed by atoms with Gasteiger partial charge in [0.25, 0.3) is 0 Å². The second-order valence-electron chi connectivity index (χ2n) is 5.09. The molecule has 116 valence electrons. The predicted octanol–water partition coefficient (Wildman–Crippen LogP) is 3.87. The number of sulfone groups is 1. The van der Waals surface area contributed by atoms with Crippen molar-refractivity contribution in [2.24, 2.45) is 0 Å². The van der Waals surface area contributed by atoms with Crippen LogP contribution in [0.5, 0.6) is 0 Å². The first-order chi connectivity index (χ1) is 10.9. The van der Waals surface area contributed by atoms with Crippen LogP contribution in [-0.4, -0.2) is 24.6 Å². The average molecular weight is 345 g/mol. The first-order valence-electron chi connectivity index (χ1n) is 6.82. The van der Waals surface area contributed by atoms with Crippen LogP contribution < -0.4 is 0 Å². The molecule has 0 saturated carbocycles. The molecule has 0 unspecified atom stereocenters. The van der Waals surface area contributed by atoms with Crippen molar-refractivity contribution in [1.82, 2.24) is 9.97 Å². The van der Waals surface area contributed by atoms with E-state index in [9.17, 15) is 8.42 Å². The first kappa shape index (κ1) is 15.6. The summed E-state index contributed by atoms with van der Waals surface area (Å²) in [5.74, 6) is 0. The van der Waals surface area contributed by atoms with Gasteiger partial charge in [-0.15, -0.1) is 0 Å². The topological polar surface area (TPSA) is 59.9 Å². The van der Waals surface area contributed by atoms with Crippen molar-refractivity contribution in [3.8, 4) is 22.5 Å². The monoisotopic (exact) mass is 344 g/mol. The summed E-state index contributed by atoms with van der Waals surface area (Å²) in [6.07, 6.45) is 4.47. The van der Waals surface area contributed by atoms with Gasteiger partial charge in [0.2, 0.25) is 0 Å². The molecule has 0 atom stereocenters. The molecule has 4 nitrogen and oxygen atoms in total. The van der Waals surface area contributed by atoms with E-state index in [4.69, 9.17) is 11.6 Å². The van der Waals surface area contributed by atoms with Crippen LogP contribution in [0.1, 0.15) is 0 Å². The van der Waals surface area contributed by atoms with Crippen LogP contribution in [0.15, 0.2) is 65.8 Å². The molecule has 0 radical (unpaired) electrons. The molecule has 3 rings (SSSR count). The Kier molecular flexibility index (Phi) is 4.15. The third-order valence-corrected chi connectivity index (χ3v) is 4.65. The molecule has 2 heterocycles. The highest BCUT2D eigenvalue weighted by atomic mass is 35.5. The van der Waals surface area contributed by atoms with Crippen LogP contribution in [0.3, 0.4) is 0 Å². The Morgan fingerprint density at radius 2 is 1.57 bits per heavy atom. The van der Waals surface area contributed by atoms with Gasteiger partial charge in [0.1, 0.15) is 0 Å². The second kappa shape index (κ2) is 6.10. The fourth-order valence-electron chi connectivity index (χ4n) is 2.19. The molecule has 0 aliphatic heterocycles. The third-order valence-electron chi connectivity index (χ3n) is 3.32. The van der Waals surface area contributed by atoms with Gasteiger partial charge in [-0.25, -0.2) is 13.4 Å². The highest BCUT2D eigenvalue weighted by Crippen LogP contribution is 2.27. The zero-order valence-electron chi connectivity index (χ0n) is 12.3. The largest absolute Gasteiger partial charge is 0.265 e. The number of halogens is 1. The summed E-state index contributed by atoms with van der Waals surface area (Å²) in [6.45, 7) is 0. The van der Waals surface area contributed by atoms with Crippen molar-refractivity contribution in [2.45, 2.75) is 4.90 Å². The fraction of sp³-hybridized carbons (Fsp3) is 0.0588. The van der Waals surface area contributed by atoms with Gasteiger partial charge >= 0.3 is 0 Å². The van der Waals surface area contributed by atoms with Crippen LogP contribution >= 0.6 is 11.6 Å². The summed E-state index contributed by atoms with van der Waals surface area (Å²) < 4.78 is 24.0. The van der Waals surface area contributed by atoms with Crippen LogP contribution in [0.25, 0.3) is 22.5 Å². The molecular formula is C17H13ClN2O2S. The Morgan fingerprint density at radius 3 is 2.17 bits per heavy atom. The summed E-state index contributed by atoms with van der Waals surface area (Å²) in [6, 6.07) is 13.9. The molecule has 1 aromatic carbocycles. The number of hydrogen-bond acceptors (Lipinski definition) is 4. The molecule has 0 amide bonds. The summed E-state index contributed by atoms with van der Waals surface area (Å²) in [5.41, 5.74) is 2.69. The van der Waals surface area contributed by atoms with Gasteiger partial charge in [-0.2, -0.15) is 0 Å². The molecule has 3 aromatic rings. The van der Waals surface area contributed by atoms with E-state index >= 15 is 0 Å². The van der Waals surface area contributed by atoms with Gasteiger partial charge in [-0.3, -0.25) is 4.98 Å². The fourth-order valence-corrected chi connectivity index (χ4v) is 3.03. The van der Waals surface area contributed by atoms with E-state index in [-0.39, 0.29) is 4.90 Å². The summed E-state index contributed by atoms with van der Waals surface area (Å²) in [5, 5.41) is 0.569. The molecule has 0 N–H and O–H groups in total. The minimum absolute atomic E-state index is 0.217. The molecule has 0 spiro atoms. The van der Waals surface area contributed by atoms with Gasteiger partial charge in [0.15, 0.2) is 9.84 Å². The summed E-state index contributed by atoms with van der Waals surface area (Å²) >= 11 is 6.03. The van der Waals surface area contributed by atoms with Crippen molar-refractivity contribution in [3.63, 3.8) is 0 Å². The van der Waals surface area contributed by atoms with E-state index in [1.807, 2.05) is 6.07 Å². The van der Waals surface area contributed by atoms with E-state index in [2.05, 4.69) is 9.97 Å². The molecule has 2 aromatic heterocycles. The van der Waals surface area contributed by atoms with E-state index in [1.54, 1.807) is 54.9 Å². The smallest absolute Gasteiger partial charge is 0.175 e. The molecule has 23 heavy (non-hydrogen) atoms. The third kappa shape index (κ3) is 3.57. The molecule has 0 fully saturated rings. The quantitative estimate of drug-likeness (QED) is 0.723. The van der Waals surface area contributed by atoms with Crippen molar-refractivity contribution >= 4 is 21.4 Å². The maximum atomic E-state index is 12.0. The maximum Gasteiger partial charge on any atom is 0.175 e. The Balaban J connectivity index is 2.24. The highest BCUT2D eigenvalue weighted by molar-refractivity contribution is 7.90. The SMILES string of the molecule is CS(=O)(=O)c1cc(-c2ccncc2)nc(-c2cccc(Cl)c2)c1. The van der Waals surface area contributed by atoms with Crippen molar-refractivity contribution in [1.29, 1.82) is 0 Å². The highest BCUT2D eigenvalue weighted by Gasteiger charge is 2.13. The van der Waals surface area contributed by atoms with Gasteiger partial charge in [-0.1, -0.05) is 23.7 Å². The van der Waals surface area contributed by atoms with E-state index < -0.39 is 9.84 Å². The predicted molar refractivity (Wildman–Crippen MR) is 91.0 cm³/mol. The number of aromatic nitrogens is 2. The van der Waals surface area contributed by atoms with Gasteiger partial charge in [0.05, 0.1) is 16.3 Å². The van der Waals surface area contributed by atoms with Crippen LogP contribution in [0.2, 0.25) is 5.02 Å². The summed E-state index contributed by atoms with van der Waals surface area (Å²) in [7, 11) is -3.36. The molecule has 0 aliphatic rings. The number of hydrogen-bond donors (Lipinski definition) is 0. The van der Waals surface area contributed by atoms with Crippen LogP contribution in [0, 0.1) is 0 Å². The molecule has 0 aliphatic carbocycles. The van der Waals surface area contributed by atoms with E-state index in [1.165, 1.54) is 6.26 Å². The second-order valence-corrected chi connectivity index (χ2v) is 7.54. The first-order valence-corrected chi connectivity index (χ1v) is 9.09. The molecule has 0 bridgehead atoms. The normalized spacial score (nSPS) is 11.4. The summed E-state index contributed by atoms with van der Waals surface area (Å²) in [4.78, 5) is 8.77. The lowest BCUT2D eigenvalue weighted by Gasteiger charge is -2.09. The molecule has 6 heteroatoms. The lowest BCUT2D eigenvalue weighted by Crippen LogP contribution is -2.00. The van der Waals surface area contributed by atoms with Gasteiger partial charge in [-0.05, 0) is 36.4 Å². The lowest BCUT2D eigenvalue weighted by molar-refractivity contribution is 0.602. The van der Waals surface area contributed by atoms with Crippen molar-refractivity contribution < 1.29 is 8.42 Å². The van der Waals surface area contributed by atoms with E-state index in [0.717, 1.165) is 11.1 Å². The molecule has 0 saturated heterocycles. The molecular weight excluding hydrogens is 332 g/mol. The lowest BCUT2D eigenvalue weighted by atomic mass is 10.1.